The third-order valence-electron chi connectivity index (χ3n) is 3.56. The van der Waals surface area contributed by atoms with Crippen LogP contribution in [0.4, 0.5) is 0 Å². The lowest BCUT2D eigenvalue weighted by molar-refractivity contribution is 0.0787. The van der Waals surface area contributed by atoms with Crippen molar-refractivity contribution >= 4 is 5.91 Å². The summed E-state index contributed by atoms with van der Waals surface area (Å²) in [6.07, 6.45) is 2.30. The fourth-order valence-corrected chi connectivity index (χ4v) is 2.36. The Morgan fingerprint density at radius 2 is 2.35 bits per heavy atom. The lowest BCUT2D eigenvalue weighted by atomic mass is 10.1. The van der Waals surface area contributed by atoms with Crippen LogP contribution in [0.1, 0.15) is 35.7 Å². The number of amides is 1. The van der Waals surface area contributed by atoms with Crippen LogP contribution in [0.5, 0.6) is 0 Å². The first kappa shape index (κ1) is 12.1. The molecule has 0 aliphatic carbocycles. The summed E-state index contributed by atoms with van der Waals surface area (Å²) < 4.78 is 0. The molecule has 1 aromatic rings. The second-order valence-electron chi connectivity index (χ2n) is 4.72. The lowest BCUT2D eigenvalue weighted by Crippen LogP contribution is -2.28. The Kier molecular flexibility index (Phi) is 3.79. The zero-order valence-electron chi connectivity index (χ0n) is 10.4. The van der Waals surface area contributed by atoms with E-state index in [2.05, 4.69) is 6.92 Å². The summed E-state index contributed by atoms with van der Waals surface area (Å²) in [4.78, 5) is 14.2. The second-order valence-corrected chi connectivity index (χ2v) is 4.72. The topological polar surface area (TPSA) is 46.3 Å². The van der Waals surface area contributed by atoms with Crippen LogP contribution in [0.2, 0.25) is 0 Å². The molecule has 2 N–H and O–H groups in total. The molecule has 3 nitrogen and oxygen atoms in total. The molecule has 0 bridgehead atoms. The predicted octanol–water partition coefficient (Wildman–Crippen LogP) is 2.02. The Balaban J connectivity index is 2.09. The van der Waals surface area contributed by atoms with E-state index < -0.39 is 0 Å². The molecule has 1 aliphatic heterocycles. The zero-order valence-corrected chi connectivity index (χ0v) is 10.4. The highest BCUT2D eigenvalue weighted by Crippen LogP contribution is 2.21. The molecule has 1 atom stereocenters. The van der Waals surface area contributed by atoms with Gasteiger partial charge in [0.15, 0.2) is 0 Å². The summed E-state index contributed by atoms with van der Waals surface area (Å²) in [6, 6.07) is 7.64. The van der Waals surface area contributed by atoms with Crippen LogP contribution in [-0.2, 0) is 6.54 Å². The van der Waals surface area contributed by atoms with Crippen molar-refractivity contribution in [2.24, 2.45) is 11.7 Å². The SMILES string of the molecule is CCC1CCN(C(=O)c2cccc(CN)c2)C1. The molecule has 0 radical (unpaired) electrons. The van der Waals surface area contributed by atoms with Crippen molar-refractivity contribution in [1.82, 2.24) is 4.90 Å². The summed E-state index contributed by atoms with van der Waals surface area (Å²) in [6.45, 7) is 4.47. The Morgan fingerprint density at radius 1 is 1.53 bits per heavy atom. The van der Waals surface area contributed by atoms with Gasteiger partial charge in [0.2, 0.25) is 0 Å². The van der Waals surface area contributed by atoms with Crippen molar-refractivity contribution < 1.29 is 4.79 Å². The number of hydrogen-bond acceptors (Lipinski definition) is 2. The summed E-state index contributed by atoms with van der Waals surface area (Å²) in [5.74, 6) is 0.827. The third kappa shape index (κ3) is 2.67. The van der Waals surface area contributed by atoms with Crippen LogP contribution in [-0.4, -0.2) is 23.9 Å². The van der Waals surface area contributed by atoms with Gasteiger partial charge in [-0.3, -0.25) is 4.79 Å². The molecular formula is C14H20N2O. The van der Waals surface area contributed by atoms with E-state index in [-0.39, 0.29) is 5.91 Å². The molecule has 1 amide bonds. The van der Waals surface area contributed by atoms with Crippen LogP contribution < -0.4 is 5.73 Å². The molecule has 0 spiro atoms. The number of likely N-dealkylation sites (tertiary alicyclic amines) is 1. The molecular weight excluding hydrogens is 212 g/mol. The van der Waals surface area contributed by atoms with Crippen LogP contribution >= 0.6 is 0 Å². The van der Waals surface area contributed by atoms with Gasteiger partial charge in [-0.05, 0) is 30.0 Å². The van der Waals surface area contributed by atoms with Gasteiger partial charge in [0.05, 0.1) is 0 Å². The Labute approximate surface area is 103 Å². The van der Waals surface area contributed by atoms with E-state index in [0.29, 0.717) is 12.5 Å². The first-order chi connectivity index (χ1) is 8.24. The summed E-state index contributed by atoms with van der Waals surface area (Å²) >= 11 is 0. The fourth-order valence-electron chi connectivity index (χ4n) is 2.36. The van der Waals surface area contributed by atoms with Gasteiger partial charge in [-0.15, -0.1) is 0 Å². The summed E-state index contributed by atoms with van der Waals surface area (Å²) in [7, 11) is 0. The zero-order chi connectivity index (χ0) is 12.3. The average Bonchev–Trinajstić information content (AvgIpc) is 2.86. The van der Waals surface area contributed by atoms with Crippen molar-refractivity contribution in [1.29, 1.82) is 0 Å². The highest BCUT2D eigenvalue weighted by atomic mass is 16.2. The van der Waals surface area contributed by atoms with Gasteiger partial charge in [0.25, 0.3) is 5.91 Å². The minimum Gasteiger partial charge on any atom is -0.338 e. The molecule has 17 heavy (non-hydrogen) atoms. The van der Waals surface area contributed by atoms with Gasteiger partial charge in [-0.2, -0.15) is 0 Å². The maximum absolute atomic E-state index is 12.3. The van der Waals surface area contributed by atoms with E-state index in [1.54, 1.807) is 0 Å². The first-order valence-corrected chi connectivity index (χ1v) is 6.33. The number of carbonyl (C=O) groups excluding carboxylic acids is 1. The van der Waals surface area contributed by atoms with Gasteiger partial charge >= 0.3 is 0 Å². The molecule has 1 unspecified atom stereocenters. The standard InChI is InChI=1S/C14H20N2O/c1-2-11-6-7-16(10-11)14(17)13-5-3-4-12(8-13)9-15/h3-5,8,11H,2,6-7,9-10,15H2,1H3. The number of nitrogens with two attached hydrogens (primary N) is 1. The molecule has 0 saturated carbocycles. The quantitative estimate of drug-likeness (QED) is 0.866. The normalized spacial score (nSPS) is 19.6. The molecule has 3 heteroatoms. The van der Waals surface area contributed by atoms with Crippen molar-refractivity contribution in [2.45, 2.75) is 26.3 Å². The lowest BCUT2D eigenvalue weighted by Gasteiger charge is -2.16. The summed E-state index contributed by atoms with van der Waals surface area (Å²) in [5, 5.41) is 0. The maximum atomic E-state index is 12.3. The fraction of sp³-hybridized carbons (Fsp3) is 0.500. The van der Waals surface area contributed by atoms with E-state index in [1.807, 2.05) is 29.2 Å². The van der Waals surface area contributed by atoms with Crippen molar-refractivity contribution in [3.05, 3.63) is 35.4 Å². The van der Waals surface area contributed by atoms with E-state index in [0.717, 1.165) is 37.1 Å². The number of carbonyl (C=O) groups is 1. The molecule has 1 aliphatic rings. The summed E-state index contributed by atoms with van der Waals surface area (Å²) in [5.41, 5.74) is 7.38. The van der Waals surface area contributed by atoms with Crippen LogP contribution in [0.25, 0.3) is 0 Å². The van der Waals surface area contributed by atoms with Gasteiger partial charge < -0.3 is 10.6 Å². The van der Waals surface area contributed by atoms with E-state index in [9.17, 15) is 4.79 Å². The molecule has 1 saturated heterocycles. The minimum absolute atomic E-state index is 0.149. The first-order valence-electron chi connectivity index (χ1n) is 6.33. The van der Waals surface area contributed by atoms with Crippen molar-refractivity contribution in [3.8, 4) is 0 Å². The Morgan fingerprint density at radius 3 is 3.00 bits per heavy atom. The minimum atomic E-state index is 0.149. The second kappa shape index (κ2) is 5.32. The highest BCUT2D eigenvalue weighted by molar-refractivity contribution is 5.94. The number of nitrogens with zero attached hydrogens (tertiary/aromatic N) is 1. The molecule has 1 fully saturated rings. The van der Waals surface area contributed by atoms with Crippen LogP contribution in [0.15, 0.2) is 24.3 Å². The highest BCUT2D eigenvalue weighted by Gasteiger charge is 2.25. The van der Waals surface area contributed by atoms with Gasteiger partial charge in [-0.1, -0.05) is 25.5 Å². The Bertz CT molecular complexity index is 403. The van der Waals surface area contributed by atoms with Gasteiger partial charge in [0.1, 0.15) is 0 Å². The van der Waals surface area contributed by atoms with Crippen molar-refractivity contribution in [3.63, 3.8) is 0 Å². The van der Waals surface area contributed by atoms with E-state index >= 15 is 0 Å². The molecule has 92 valence electrons. The molecule has 1 aromatic carbocycles. The third-order valence-corrected chi connectivity index (χ3v) is 3.56. The number of rotatable bonds is 3. The maximum Gasteiger partial charge on any atom is 0.253 e. The van der Waals surface area contributed by atoms with Crippen LogP contribution in [0, 0.1) is 5.92 Å². The largest absolute Gasteiger partial charge is 0.338 e. The molecule has 0 aromatic heterocycles. The monoisotopic (exact) mass is 232 g/mol. The van der Waals surface area contributed by atoms with Gasteiger partial charge in [0, 0.05) is 25.2 Å². The number of benzene rings is 1. The van der Waals surface area contributed by atoms with Gasteiger partial charge in [-0.25, -0.2) is 0 Å². The van der Waals surface area contributed by atoms with Crippen molar-refractivity contribution in [2.75, 3.05) is 13.1 Å². The molecule has 2 rings (SSSR count). The molecule has 1 heterocycles. The Hall–Kier alpha value is -1.35. The van der Waals surface area contributed by atoms with E-state index in [4.69, 9.17) is 5.73 Å². The average molecular weight is 232 g/mol. The number of hydrogen-bond donors (Lipinski definition) is 1. The predicted molar refractivity (Wildman–Crippen MR) is 68.6 cm³/mol. The van der Waals surface area contributed by atoms with E-state index in [1.165, 1.54) is 0 Å². The van der Waals surface area contributed by atoms with Crippen LogP contribution in [0.3, 0.4) is 0 Å². The smallest absolute Gasteiger partial charge is 0.253 e.